The fraction of sp³-hybridized carbons (Fsp3) is 0.333. The first-order valence-electron chi connectivity index (χ1n) is 8.71. The Labute approximate surface area is 166 Å². The Bertz CT molecular complexity index is 778. The fourth-order valence-corrected chi connectivity index (χ4v) is 2.61. The van der Waals surface area contributed by atoms with Crippen molar-refractivity contribution in [2.75, 3.05) is 13.6 Å². The molecule has 0 aliphatic carbocycles. The summed E-state index contributed by atoms with van der Waals surface area (Å²) in [6.07, 6.45) is 0.688. The minimum absolute atomic E-state index is 0. The number of benzene rings is 2. The van der Waals surface area contributed by atoms with Gasteiger partial charge in [0.15, 0.2) is 5.78 Å². The second-order valence-electron chi connectivity index (χ2n) is 6.80. The summed E-state index contributed by atoms with van der Waals surface area (Å²) >= 11 is 0. The Balaban J connectivity index is 0.00000364. The Kier molecular flexibility index (Phi) is 8.60. The van der Waals surface area contributed by atoms with Crippen LogP contribution >= 0.6 is 12.4 Å². The number of ketones is 1. The third kappa shape index (κ3) is 5.88. The molecule has 27 heavy (non-hydrogen) atoms. The van der Waals surface area contributed by atoms with Gasteiger partial charge in [-0.2, -0.15) is 0 Å². The Morgan fingerprint density at radius 3 is 2.15 bits per heavy atom. The topological polar surface area (TPSA) is 63.4 Å². The first-order chi connectivity index (χ1) is 12.3. The molecule has 146 valence electrons. The van der Waals surface area contributed by atoms with E-state index in [9.17, 15) is 14.0 Å². The third-order valence-electron chi connectivity index (χ3n) is 4.51. The number of hydrogen-bond donors (Lipinski definition) is 1. The molecule has 0 fully saturated rings. The minimum Gasteiger partial charge on any atom is -0.342 e. The normalized spacial score (nSPS) is 11.6. The number of nitrogens with zero attached hydrogens (tertiary/aromatic N) is 1. The van der Waals surface area contributed by atoms with E-state index in [2.05, 4.69) is 0 Å². The van der Waals surface area contributed by atoms with Gasteiger partial charge in [0.2, 0.25) is 0 Å². The van der Waals surface area contributed by atoms with Crippen molar-refractivity contribution in [3.05, 3.63) is 71.0 Å². The summed E-state index contributed by atoms with van der Waals surface area (Å²) in [5.41, 5.74) is 7.04. The monoisotopic (exact) mass is 392 g/mol. The quantitative estimate of drug-likeness (QED) is 0.726. The van der Waals surface area contributed by atoms with Crippen molar-refractivity contribution in [2.45, 2.75) is 26.3 Å². The molecule has 0 spiro atoms. The number of carbonyl (C=O) groups is 2. The molecule has 0 radical (unpaired) electrons. The standard InChI is InChI=1S/C21H25FN2O2.ClH/c1-14(2)19(23)12-13-24(3)21(26)18-7-5-4-6-17(18)20(25)15-8-10-16(22)11-9-15;/h4-11,14,19H,12-13,23H2,1-3H3;1H. The minimum atomic E-state index is -0.410. The van der Waals surface area contributed by atoms with Gasteiger partial charge >= 0.3 is 0 Å². The molecule has 0 aromatic heterocycles. The first-order valence-corrected chi connectivity index (χ1v) is 8.71. The van der Waals surface area contributed by atoms with Gasteiger partial charge in [0.25, 0.3) is 5.91 Å². The maximum atomic E-state index is 13.1. The van der Waals surface area contributed by atoms with Crippen molar-refractivity contribution in [2.24, 2.45) is 11.7 Å². The van der Waals surface area contributed by atoms with E-state index in [1.807, 2.05) is 13.8 Å². The molecule has 0 heterocycles. The van der Waals surface area contributed by atoms with E-state index in [1.54, 1.807) is 36.2 Å². The van der Waals surface area contributed by atoms with Crippen molar-refractivity contribution >= 4 is 24.1 Å². The largest absolute Gasteiger partial charge is 0.342 e. The van der Waals surface area contributed by atoms with Crippen LogP contribution in [-0.4, -0.2) is 36.2 Å². The van der Waals surface area contributed by atoms with E-state index in [0.29, 0.717) is 35.6 Å². The van der Waals surface area contributed by atoms with Crippen LogP contribution in [0.5, 0.6) is 0 Å². The summed E-state index contributed by atoms with van der Waals surface area (Å²) < 4.78 is 13.1. The molecule has 2 N–H and O–H groups in total. The number of halogens is 2. The van der Waals surface area contributed by atoms with Gasteiger partial charge in [-0.05, 0) is 42.7 Å². The highest BCUT2D eigenvalue weighted by Crippen LogP contribution is 2.17. The zero-order chi connectivity index (χ0) is 19.3. The van der Waals surface area contributed by atoms with Gasteiger partial charge in [0, 0.05) is 30.8 Å². The van der Waals surface area contributed by atoms with Crippen LogP contribution in [0.2, 0.25) is 0 Å². The van der Waals surface area contributed by atoms with Gasteiger partial charge in [-0.15, -0.1) is 12.4 Å². The summed E-state index contributed by atoms with van der Waals surface area (Å²) in [5, 5.41) is 0. The highest BCUT2D eigenvalue weighted by molar-refractivity contribution is 6.15. The van der Waals surface area contributed by atoms with Crippen LogP contribution in [0.1, 0.15) is 46.5 Å². The highest BCUT2D eigenvalue weighted by atomic mass is 35.5. The van der Waals surface area contributed by atoms with E-state index in [4.69, 9.17) is 5.73 Å². The molecule has 0 aliphatic rings. The molecule has 2 aromatic carbocycles. The van der Waals surface area contributed by atoms with Gasteiger partial charge in [-0.25, -0.2) is 4.39 Å². The molecular weight excluding hydrogens is 367 g/mol. The van der Waals surface area contributed by atoms with Crippen molar-refractivity contribution in [1.82, 2.24) is 4.90 Å². The summed E-state index contributed by atoms with van der Waals surface area (Å²) in [4.78, 5) is 27.1. The SMILES string of the molecule is CC(C)C(N)CCN(C)C(=O)c1ccccc1C(=O)c1ccc(F)cc1.Cl. The molecule has 6 heteroatoms. The lowest BCUT2D eigenvalue weighted by atomic mass is 9.97. The van der Waals surface area contributed by atoms with Crippen LogP contribution in [0.25, 0.3) is 0 Å². The molecule has 0 bridgehead atoms. The Morgan fingerprint density at radius 1 is 1.04 bits per heavy atom. The van der Waals surface area contributed by atoms with E-state index < -0.39 is 5.82 Å². The predicted molar refractivity (Wildman–Crippen MR) is 108 cm³/mol. The zero-order valence-corrected chi connectivity index (χ0v) is 16.6. The summed E-state index contributed by atoms with van der Waals surface area (Å²) in [6, 6.07) is 12.0. The zero-order valence-electron chi connectivity index (χ0n) is 15.8. The number of carbonyl (C=O) groups excluding carboxylic acids is 2. The number of rotatable bonds is 7. The van der Waals surface area contributed by atoms with Gasteiger partial charge < -0.3 is 10.6 Å². The van der Waals surface area contributed by atoms with E-state index in [1.165, 1.54) is 24.3 Å². The lowest BCUT2D eigenvalue weighted by Gasteiger charge is -2.22. The molecule has 4 nitrogen and oxygen atoms in total. The Morgan fingerprint density at radius 2 is 1.59 bits per heavy atom. The van der Waals surface area contributed by atoms with Crippen molar-refractivity contribution < 1.29 is 14.0 Å². The molecule has 1 unspecified atom stereocenters. The van der Waals surface area contributed by atoms with Crippen LogP contribution < -0.4 is 5.73 Å². The van der Waals surface area contributed by atoms with E-state index in [0.717, 1.165) is 0 Å². The molecular formula is C21H26ClFN2O2. The molecule has 0 saturated heterocycles. The van der Waals surface area contributed by atoms with Crippen LogP contribution in [-0.2, 0) is 0 Å². The Hall–Kier alpha value is -2.24. The van der Waals surface area contributed by atoms with E-state index in [-0.39, 0.29) is 30.1 Å². The maximum absolute atomic E-state index is 13.1. The molecule has 1 amide bonds. The number of nitrogens with two attached hydrogens (primary N) is 1. The van der Waals surface area contributed by atoms with Crippen LogP contribution in [0.3, 0.4) is 0 Å². The summed E-state index contributed by atoms with van der Waals surface area (Å²) in [6.45, 7) is 4.60. The molecule has 2 aromatic rings. The van der Waals surface area contributed by atoms with Gasteiger partial charge in [0.1, 0.15) is 5.82 Å². The average Bonchev–Trinajstić information content (AvgIpc) is 2.65. The number of hydrogen-bond acceptors (Lipinski definition) is 3. The molecule has 2 rings (SSSR count). The van der Waals surface area contributed by atoms with Gasteiger partial charge in [0.05, 0.1) is 5.56 Å². The molecule has 0 aliphatic heterocycles. The number of amides is 1. The van der Waals surface area contributed by atoms with Gasteiger partial charge in [-0.3, -0.25) is 9.59 Å². The maximum Gasteiger partial charge on any atom is 0.254 e. The highest BCUT2D eigenvalue weighted by Gasteiger charge is 2.21. The second kappa shape index (κ2) is 10.2. The van der Waals surface area contributed by atoms with Crippen molar-refractivity contribution in [3.8, 4) is 0 Å². The summed E-state index contributed by atoms with van der Waals surface area (Å²) in [7, 11) is 1.70. The second-order valence-corrected chi connectivity index (χ2v) is 6.80. The van der Waals surface area contributed by atoms with Gasteiger partial charge in [-0.1, -0.05) is 32.0 Å². The van der Waals surface area contributed by atoms with Crippen LogP contribution in [0.15, 0.2) is 48.5 Å². The predicted octanol–water partition coefficient (Wildman–Crippen LogP) is 3.92. The van der Waals surface area contributed by atoms with Crippen LogP contribution in [0, 0.1) is 11.7 Å². The third-order valence-corrected chi connectivity index (χ3v) is 4.51. The first kappa shape index (κ1) is 22.8. The fourth-order valence-electron chi connectivity index (χ4n) is 2.61. The van der Waals surface area contributed by atoms with Crippen LogP contribution in [0.4, 0.5) is 4.39 Å². The van der Waals surface area contributed by atoms with E-state index >= 15 is 0 Å². The van der Waals surface area contributed by atoms with Crippen molar-refractivity contribution in [3.63, 3.8) is 0 Å². The molecule has 1 atom stereocenters. The summed E-state index contributed by atoms with van der Waals surface area (Å²) in [5.74, 6) is -0.605. The molecule has 0 saturated carbocycles. The average molecular weight is 393 g/mol. The lowest BCUT2D eigenvalue weighted by Crippen LogP contribution is -2.35. The smallest absolute Gasteiger partial charge is 0.254 e. The van der Waals surface area contributed by atoms with Crippen molar-refractivity contribution in [1.29, 1.82) is 0 Å². The lowest BCUT2D eigenvalue weighted by molar-refractivity contribution is 0.0784.